The predicted molar refractivity (Wildman–Crippen MR) is 65.5 cm³/mol. The van der Waals surface area contributed by atoms with E-state index in [1.807, 2.05) is 0 Å². The topological polar surface area (TPSA) is 111 Å². The summed E-state index contributed by atoms with van der Waals surface area (Å²) in [6.07, 6.45) is 4.16. The quantitative estimate of drug-likeness (QED) is 0.710. The number of nitrogens with one attached hydrogen (secondary N) is 2. The van der Waals surface area contributed by atoms with Gasteiger partial charge in [-0.1, -0.05) is 0 Å². The first-order chi connectivity index (χ1) is 9.18. The Labute approximate surface area is 110 Å². The van der Waals surface area contributed by atoms with Gasteiger partial charge in [0, 0.05) is 19.5 Å². The Kier molecular flexibility index (Phi) is 4.32. The Hall–Kier alpha value is -2.12. The summed E-state index contributed by atoms with van der Waals surface area (Å²) in [4.78, 5) is 28.4. The van der Waals surface area contributed by atoms with Crippen LogP contribution in [0.25, 0.3) is 0 Å². The largest absolute Gasteiger partial charge is 0.480 e. The first kappa shape index (κ1) is 13.3. The highest BCUT2D eigenvalue weighted by Gasteiger charge is 2.31. The van der Waals surface area contributed by atoms with Crippen LogP contribution in [-0.4, -0.2) is 56.3 Å². The summed E-state index contributed by atoms with van der Waals surface area (Å²) in [7, 11) is 0. The van der Waals surface area contributed by atoms with Crippen molar-refractivity contribution in [3.05, 3.63) is 12.2 Å². The molecule has 19 heavy (non-hydrogen) atoms. The van der Waals surface area contributed by atoms with Crippen molar-refractivity contribution < 1.29 is 14.7 Å². The molecular formula is C11H17N5O3. The molecule has 0 spiro atoms. The van der Waals surface area contributed by atoms with E-state index in [9.17, 15) is 9.59 Å². The fraction of sp³-hybridized carbons (Fsp3) is 0.636. The zero-order chi connectivity index (χ0) is 13.7. The second-order valence-corrected chi connectivity index (χ2v) is 4.46. The molecular weight excluding hydrogens is 250 g/mol. The number of carbonyl (C=O) groups is 2. The summed E-state index contributed by atoms with van der Waals surface area (Å²) < 4.78 is 0. The molecule has 0 bridgehead atoms. The van der Waals surface area contributed by atoms with Crippen molar-refractivity contribution in [3.8, 4) is 0 Å². The molecule has 3 N–H and O–H groups in total. The summed E-state index contributed by atoms with van der Waals surface area (Å²) in [6, 6.07) is -1.04. The summed E-state index contributed by atoms with van der Waals surface area (Å²) in [5, 5.41) is 18.2. The lowest BCUT2D eigenvalue weighted by atomic mass is 10.0. The Bertz CT molecular complexity index is 434. The van der Waals surface area contributed by atoms with E-state index in [2.05, 4.69) is 20.5 Å². The molecule has 1 aliphatic heterocycles. The number of likely N-dealkylation sites (tertiary alicyclic amines) is 1. The highest BCUT2D eigenvalue weighted by atomic mass is 16.4. The molecule has 0 saturated carbocycles. The average Bonchev–Trinajstić information content (AvgIpc) is 2.91. The number of hydrogen-bond acceptors (Lipinski definition) is 4. The number of piperidine rings is 1. The van der Waals surface area contributed by atoms with E-state index < -0.39 is 12.0 Å². The fourth-order valence-corrected chi connectivity index (χ4v) is 2.17. The van der Waals surface area contributed by atoms with Crippen LogP contribution in [0, 0.1) is 0 Å². The van der Waals surface area contributed by atoms with Crippen LogP contribution in [0.4, 0.5) is 4.79 Å². The number of amides is 2. The van der Waals surface area contributed by atoms with Gasteiger partial charge in [0.15, 0.2) is 0 Å². The summed E-state index contributed by atoms with van der Waals surface area (Å²) >= 11 is 0. The first-order valence-electron chi connectivity index (χ1n) is 6.30. The van der Waals surface area contributed by atoms with Gasteiger partial charge >= 0.3 is 12.0 Å². The summed E-state index contributed by atoms with van der Waals surface area (Å²) in [6.45, 7) is 0.891. The molecule has 2 heterocycles. The maximum absolute atomic E-state index is 11.9. The van der Waals surface area contributed by atoms with Crippen molar-refractivity contribution in [1.82, 2.24) is 25.4 Å². The highest BCUT2D eigenvalue weighted by molar-refractivity contribution is 5.82. The van der Waals surface area contributed by atoms with Crippen molar-refractivity contribution in [2.45, 2.75) is 31.7 Å². The molecule has 2 amide bonds. The molecule has 1 fully saturated rings. The number of carbonyl (C=O) groups excluding carboxylic acids is 1. The Morgan fingerprint density at radius 3 is 3.05 bits per heavy atom. The second kappa shape index (κ2) is 6.17. The van der Waals surface area contributed by atoms with E-state index in [0.717, 1.165) is 12.8 Å². The van der Waals surface area contributed by atoms with Crippen LogP contribution in [0.3, 0.4) is 0 Å². The Morgan fingerprint density at radius 1 is 1.53 bits per heavy atom. The van der Waals surface area contributed by atoms with E-state index in [-0.39, 0.29) is 6.03 Å². The van der Waals surface area contributed by atoms with E-state index in [4.69, 9.17) is 5.11 Å². The SMILES string of the molecule is O=C(O)C1CCCCN1C(=O)NCCc1ncn[nH]1. The van der Waals surface area contributed by atoms with E-state index in [1.54, 1.807) is 0 Å². The van der Waals surface area contributed by atoms with Crippen molar-refractivity contribution in [2.75, 3.05) is 13.1 Å². The lowest BCUT2D eigenvalue weighted by Crippen LogP contribution is -2.52. The molecule has 8 nitrogen and oxygen atoms in total. The number of rotatable bonds is 4. The lowest BCUT2D eigenvalue weighted by Gasteiger charge is -2.32. The summed E-state index contributed by atoms with van der Waals surface area (Å²) in [5.41, 5.74) is 0. The minimum Gasteiger partial charge on any atom is -0.480 e. The van der Waals surface area contributed by atoms with Gasteiger partial charge in [-0.15, -0.1) is 0 Å². The Balaban J connectivity index is 1.82. The zero-order valence-corrected chi connectivity index (χ0v) is 10.5. The van der Waals surface area contributed by atoms with Crippen LogP contribution in [0.5, 0.6) is 0 Å². The number of aliphatic carboxylic acids is 1. The number of aromatic amines is 1. The molecule has 104 valence electrons. The Morgan fingerprint density at radius 2 is 2.37 bits per heavy atom. The third-order valence-electron chi connectivity index (χ3n) is 3.15. The van der Waals surface area contributed by atoms with Gasteiger partial charge in [-0.2, -0.15) is 5.10 Å². The van der Waals surface area contributed by atoms with Crippen molar-refractivity contribution in [2.24, 2.45) is 0 Å². The van der Waals surface area contributed by atoms with Gasteiger partial charge in [0.25, 0.3) is 0 Å². The maximum Gasteiger partial charge on any atom is 0.326 e. The first-order valence-corrected chi connectivity index (χ1v) is 6.30. The van der Waals surface area contributed by atoms with Gasteiger partial charge in [0.05, 0.1) is 0 Å². The fourth-order valence-electron chi connectivity index (χ4n) is 2.17. The third-order valence-corrected chi connectivity index (χ3v) is 3.15. The van der Waals surface area contributed by atoms with Gasteiger partial charge in [-0.05, 0) is 19.3 Å². The molecule has 1 unspecified atom stereocenters. The van der Waals surface area contributed by atoms with Gasteiger partial charge in [-0.3, -0.25) is 5.10 Å². The molecule has 1 atom stereocenters. The van der Waals surface area contributed by atoms with Gasteiger partial charge < -0.3 is 15.3 Å². The standard InChI is InChI=1S/C11H17N5O3/c17-10(18)8-3-1-2-6-16(8)11(19)12-5-4-9-13-7-14-15-9/h7-8H,1-6H2,(H,12,19)(H,17,18)(H,13,14,15). The predicted octanol–water partition coefficient (Wildman–Crippen LogP) is -0.00410. The minimum atomic E-state index is -0.940. The van der Waals surface area contributed by atoms with Crippen molar-refractivity contribution >= 4 is 12.0 Å². The molecule has 8 heteroatoms. The maximum atomic E-state index is 11.9. The zero-order valence-electron chi connectivity index (χ0n) is 10.5. The van der Waals surface area contributed by atoms with Crippen molar-refractivity contribution in [1.29, 1.82) is 0 Å². The molecule has 1 aromatic heterocycles. The van der Waals surface area contributed by atoms with Crippen LogP contribution in [0.1, 0.15) is 25.1 Å². The number of carboxylic acids is 1. The smallest absolute Gasteiger partial charge is 0.326 e. The normalized spacial score (nSPS) is 19.2. The number of carboxylic acid groups (broad SMARTS) is 1. The number of hydrogen-bond donors (Lipinski definition) is 3. The van der Waals surface area contributed by atoms with Gasteiger partial charge in [0.1, 0.15) is 18.2 Å². The van der Waals surface area contributed by atoms with Gasteiger partial charge in [-0.25, -0.2) is 14.6 Å². The molecule has 0 aliphatic carbocycles. The molecule has 0 radical (unpaired) electrons. The summed E-state index contributed by atoms with van der Waals surface area (Å²) in [5.74, 6) is -0.251. The second-order valence-electron chi connectivity index (χ2n) is 4.46. The van der Waals surface area contributed by atoms with Crippen LogP contribution >= 0.6 is 0 Å². The lowest BCUT2D eigenvalue weighted by molar-refractivity contribution is -0.143. The number of aromatic nitrogens is 3. The molecule has 0 aromatic carbocycles. The third kappa shape index (κ3) is 3.43. The van der Waals surface area contributed by atoms with Crippen LogP contribution < -0.4 is 5.32 Å². The van der Waals surface area contributed by atoms with E-state index >= 15 is 0 Å². The van der Waals surface area contributed by atoms with Gasteiger partial charge in [0.2, 0.25) is 0 Å². The molecule has 1 aliphatic rings. The van der Waals surface area contributed by atoms with E-state index in [1.165, 1.54) is 11.2 Å². The minimum absolute atomic E-state index is 0.327. The average molecular weight is 267 g/mol. The molecule has 1 aromatic rings. The number of H-pyrrole nitrogens is 1. The number of urea groups is 1. The monoisotopic (exact) mass is 267 g/mol. The van der Waals surface area contributed by atoms with Crippen molar-refractivity contribution in [3.63, 3.8) is 0 Å². The van der Waals surface area contributed by atoms with E-state index in [0.29, 0.717) is 31.8 Å². The van der Waals surface area contributed by atoms with Crippen LogP contribution in [0.2, 0.25) is 0 Å². The molecule has 2 rings (SSSR count). The number of nitrogens with zero attached hydrogens (tertiary/aromatic N) is 3. The molecule has 1 saturated heterocycles. The highest BCUT2D eigenvalue weighted by Crippen LogP contribution is 2.17. The van der Waals surface area contributed by atoms with Crippen LogP contribution in [-0.2, 0) is 11.2 Å². The van der Waals surface area contributed by atoms with Crippen LogP contribution in [0.15, 0.2) is 6.33 Å².